The van der Waals surface area contributed by atoms with Crippen molar-refractivity contribution in [1.82, 2.24) is 0 Å². The lowest BCUT2D eigenvalue weighted by Gasteiger charge is -2.27. The second kappa shape index (κ2) is 12.2. The summed E-state index contributed by atoms with van der Waals surface area (Å²) >= 11 is 0. The Morgan fingerprint density at radius 2 is 1.62 bits per heavy atom. The minimum atomic E-state index is -3.17. The zero-order valence-electron chi connectivity index (χ0n) is 21.1. The van der Waals surface area contributed by atoms with E-state index in [1.54, 1.807) is 0 Å². The molecule has 0 amide bonds. The normalized spacial score (nSPS) is 15.9. The third kappa shape index (κ3) is 6.23. The Morgan fingerprint density at radius 1 is 0.912 bits per heavy atom. The van der Waals surface area contributed by atoms with Crippen molar-refractivity contribution in [3.05, 3.63) is 58.2 Å². The number of benzene rings is 2. The van der Waals surface area contributed by atoms with Crippen molar-refractivity contribution >= 4 is 0 Å². The second-order valence-electron chi connectivity index (χ2n) is 10.1. The minimum Gasteiger partial charge on any atom is -0.206 e. The van der Waals surface area contributed by atoms with Crippen LogP contribution < -0.4 is 0 Å². The molecule has 0 bridgehead atoms. The molecule has 1 unspecified atom stereocenters. The third-order valence-electron chi connectivity index (χ3n) is 7.36. The van der Waals surface area contributed by atoms with Crippen LogP contribution >= 0.6 is 0 Å². The molecule has 1 atom stereocenters. The molecule has 0 aromatic heterocycles. The van der Waals surface area contributed by atoms with Crippen LogP contribution in [-0.4, -0.2) is 0 Å². The van der Waals surface area contributed by atoms with Gasteiger partial charge in [0.05, 0.1) is 5.56 Å². The smallest absolute Gasteiger partial charge is 0.206 e. The highest BCUT2D eigenvalue weighted by molar-refractivity contribution is 5.71. The first-order chi connectivity index (χ1) is 16.3. The Labute approximate surface area is 203 Å². The zero-order valence-corrected chi connectivity index (χ0v) is 21.1. The molecular formula is C30H40F4. The van der Waals surface area contributed by atoms with Gasteiger partial charge in [0.25, 0.3) is 5.92 Å². The van der Waals surface area contributed by atoms with E-state index in [4.69, 9.17) is 0 Å². The SMILES string of the molecule is CCCCCCCCc1ccc(-c2c(F)cc3c(c2F)CCCC3(F)F)c(C(C)CCCC)c1. The fourth-order valence-electron chi connectivity index (χ4n) is 5.28. The van der Waals surface area contributed by atoms with Gasteiger partial charge in [-0.05, 0) is 66.3 Å². The molecule has 0 heterocycles. The molecule has 1 aliphatic rings. The highest BCUT2D eigenvalue weighted by atomic mass is 19.3. The van der Waals surface area contributed by atoms with Gasteiger partial charge < -0.3 is 0 Å². The maximum absolute atomic E-state index is 15.6. The maximum atomic E-state index is 15.6. The summed E-state index contributed by atoms with van der Waals surface area (Å²) in [5.41, 5.74) is 2.00. The van der Waals surface area contributed by atoms with Gasteiger partial charge in [-0.15, -0.1) is 0 Å². The van der Waals surface area contributed by atoms with E-state index in [1.807, 2.05) is 12.1 Å². The minimum absolute atomic E-state index is 0.0176. The number of aryl methyl sites for hydroxylation is 1. The summed E-state index contributed by atoms with van der Waals surface area (Å²) in [4.78, 5) is 0. The molecule has 0 aliphatic heterocycles. The first kappa shape index (κ1) is 26.8. The predicted octanol–water partition coefficient (Wildman–Crippen LogP) is 10.3. The zero-order chi connectivity index (χ0) is 24.7. The molecule has 0 N–H and O–H groups in total. The average molecular weight is 477 g/mol. The summed E-state index contributed by atoms with van der Waals surface area (Å²) in [6.07, 6.45) is 11.3. The molecular weight excluding hydrogens is 436 g/mol. The number of fused-ring (bicyclic) bond motifs is 1. The fourth-order valence-corrected chi connectivity index (χ4v) is 5.28. The van der Waals surface area contributed by atoms with Gasteiger partial charge in [0.2, 0.25) is 0 Å². The first-order valence-corrected chi connectivity index (χ1v) is 13.3. The number of hydrogen-bond acceptors (Lipinski definition) is 0. The molecule has 1 aliphatic carbocycles. The van der Waals surface area contributed by atoms with Crippen LogP contribution in [0.2, 0.25) is 0 Å². The topological polar surface area (TPSA) is 0 Å². The van der Waals surface area contributed by atoms with Crippen LogP contribution in [0.4, 0.5) is 17.6 Å². The lowest BCUT2D eigenvalue weighted by atomic mass is 9.82. The van der Waals surface area contributed by atoms with Crippen molar-refractivity contribution in [3.8, 4) is 11.1 Å². The van der Waals surface area contributed by atoms with E-state index in [2.05, 4.69) is 26.8 Å². The first-order valence-electron chi connectivity index (χ1n) is 13.3. The monoisotopic (exact) mass is 476 g/mol. The Balaban J connectivity index is 1.95. The Bertz CT molecular complexity index is 947. The number of rotatable bonds is 12. The summed E-state index contributed by atoms with van der Waals surface area (Å²) in [5.74, 6) is -4.73. The van der Waals surface area contributed by atoms with Crippen LogP contribution in [-0.2, 0) is 18.8 Å². The van der Waals surface area contributed by atoms with E-state index in [-0.39, 0.29) is 36.3 Å². The van der Waals surface area contributed by atoms with E-state index in [9.17, 15) is 8.78 Å². The quantitative estimate of drug-likeness (QED) is 0.211. The summed E-state index contributed by atoms with van der Waals surface area (Å²) in [5, 5.41) is 0. The van der Waals surface area contributed by atoms with E-state index < -0.39 is 23.1 Å². The fraction of sp³-hybridized carbons (Fsp3) is 0.600. The van der Waals surface area contributed by atoms with Gasteiger partial charge in [0.15, 0.2) is 0 Å². The summed E-state index contributed by atoms with van der Waals surface area (Å²) in [7, 11) is 0. The molecule has 0 saturated carbocycles. The molecule has 3 rings (SSSR count). The van der Waals surface area contributed by atoms with Crippen molar-refractivity contribution in [2.24, 2.45) is 0 Å². The van der Waals surface area contributed by atoms with Crippen LogP contribution in [0, 0.1) is 11.6 Å². The third-order valence-corrected chi connectivity index (χ3v) is 7.36. The second-order valence-corrected chi connectivity index (χ2v) is 10.1. The van der Waals surface area contributed by atoms with Crippen molar-refractivity contribution in [2.45, 2.75) is 116 Å². The molecule has 34 heavy (non-hydrogen) atoms. The molecule has 0 radical (unpaired) electrons. The van der Waals surface area contributed by atoms with Crippen LogP contribution in [0.15, 0.2) is 24.3 Å². The molecule has 2 aromatic rings. The number of hydrogen-bond donors (Lipinski definition) is 0. The van der Waals surface area contributed by atoms with E-state index in [1.165, 1.54) is 37.7 Å². The predicted molar refractivity (Wildman–Crippen MR) is 134 cm³/mol. The largest absolute Gasteiger partial charge is 0.273 e. The van der Waals surface area contributed by atoms with Crippen molar-refractivity contribution in [3.63, 3.8) is 0 Å². The molecule has 0 fully saturated rings. The van der Waals surface area contributed by atoms with Gasteiger partial charge in [-0.3, -0.25) is 0 Å². The van der Waals surface area contributed by atoms with Gasteiger partial charge >= 0.3 is 0 Å². The molecule has 4 heteroatoms. The average Bonchev–Trinajstić information content (AvgIpc) is 2.81. The number of alkyl halides is 2. The Morgan fingerprint density at radius 3 is 2.35 bits per heavy atom. The lowest BCUT2D eigenvalue weighted by Crippen LogP contribution is -2.23. The lowest BCUT2D eigenvalue weighted by molar-refractivity contribution is -0.0225. The van der Waals surface area contributed by atoms with E-state index in [0.29, 0.717) is 5.56 Å². The molecule has 0 spiro atoms. The highest BCUT2D eigenvalue weighted by Gasteiger charge is 2.39. The van der Waals surface area contributed by atoms with Gasteiger partial charge in [-0.1, -0.05) is 83.9 Å². The molecule has 0 nitrogen and oxygen atoms in total. The molecule has 188 valence electrons. The Kier molecular flexibility index (Phi) is 9.62. The summed E-state index contributed by atoms with van der Waals surface area (Å²) in [6, 6.07) is 6.77. The van der Waals surface area contributed by atoms with Crippen LogP contribution in [0.3, 0.4) is 0 Å². The van der Waals surface area contributed by atoms with Gasteiger partial charge in [-0.25, -0.2) is 17.6 Å². The maximum Gasteiger partial charge on any atom is 0.273 e. The molecule has 2 aromatic carbocycles. The van der Waals surface area contributed by atoms with Gasteiger partial charge in [0, 0.05) is 12.0 Å². The van der Waals surface area contributed by atoms with E-state index in [0.717, 1.165) is 43.7 Å². The number of unbranched alkanes of at least 4 members (excludes halogenated alkanes) is 6. The van der Waals surface area contributed by atoms with Gasteiger partial charge in [0.1, 0.15) is 11.6 Å². The number of halogens is 4. The summed E-state index contributed by atoms with van der Waals surface area (Å²) in [6.45, 7) is 6.44. The van der Waals surface area contributed by atoms with E-state index >= 15 is 8.78 Å². The van der Waals surface area contributed by atoms with Gasteiger partial charge in [-0.2, -0.15) is 0 Å². The van der Waals surface area contributed by atoms with Crippen LogP contribution in [0.25, 0.3) is 11.1 Å². The Hall–Kier alpha value is -1.84. The van der Waals surface area contributed by atoms with Crippen molar-refractivity contribution in [2.75, 3.05) is 0 Å². The van der Waals surface area contributed by atoms with Crippen LogP contribution in [0.5, 0.6) is 0 Å². The highest BCUT2D eigenvalue weighted by Crippen LogP contribution is 2.45. The van der Waals surface area contributed by atoms with Crippen molar-refractivity contribution in [1.29, 1.82) is 0 Å². The summed E-state index contributed by atoms with van der Waals surface area (Å²) < 4.78 is 59.6. The molecule has 0 saturated heterocycles. The standard InChI is InChI=1S/C30H40F4/c1-4-6-8-9-10-11-14-22-16-17-23(25(19-22)21(3)13-7-5-2)28-27(31)20-26-24(29(28)32)15-12-18-30(26,33)34/h16-17,19-21H,4-15,18H2,1-3H3. The van der Waals surface area contributed by atoms with Crippen LogP contribution in [0.1, 0.15) is 120 Å². The van der Waals surface area contributed by atoms with Crippen molar-refractivity contribution < 1.29 is 17.6 Å².